The summed E-state index contributed by atoms with van der Waals surface area (Å²) in [5.41, 5.74) is 0.684. The van der Waals surface area contributed by atoms with E-state index in [9.17, 15) is 14.7 Å². The minimum atomic E-state index is -0.475. The van der Waals surface area contributed by atoms with Crippen LogP contribution in [0.5, 0.6) is 0 Å². The Labute approximate surface area is 110 Å². The van der Waals surface area contributed by atoms with Gasteiger partial charge in [-0.3, -0.25) is 14.9 Å². The summed E-state index contributed by atoms with van der Waals surface area (Å²) in [5, 5.41) is 20.1. The van der Waals surface area contributed by atoms with Crippen molar-refractivity contribution < 1.29 is 14.7 Å². The first-order valence-electron chi connectivity index (χ1n) is 6.56. The molecular formula is C12H16N4O3. The van der Waals surface area contributed by atoms with Gasteiger partial charge in [-0.15, -0.1) is 5.10 Å². The van der Waals surface area contributed by atoms with Crippen molar-refractivity contribution >= 4 is 11.8 Å². The maximum absolute atomic E-state index is 11.7. The van der Waals surface area contributed by atoms with Crippen LogP contribution in [0.2, 0.25) is 0 Å². The van der Waals surface area contributed by atoms with E-state index in [-0.39, 0.29) is 17.9 Å². The highest BCUT2D eigenvalue weighted by atomic mass is 16.3. The molecule has 2 aliphatic rings. The summed E-state index contributed by atoms with van der Waals surface area (Å²) < 4.78 is 1.48. The van der Waals surface area contributed by atoms with Crippen LogP contribution in [0.3, 0.4) is 0 Å². The highest BCUT2D eigenvalue weighted by Crippen LogP contribution is 2.33. The van der Waals surface area contributed by atoms with E-state index in [0.717, 1.165) is 12.8 Å². The average Bonchev–Trinajstić information content (AvgIpc) is 3.11. The largest absolute Gasteiger partial charge is 0.392 e. The lowest BCUT2D eigenvalue weighted by Crippen LogP contribution is -2.41. The number of hydrogen-bond acceptors (Lipinski definition) is 5. The second-order valence-corrected chi connectivity index (χ2v) is 5.27. The summed E-state index contributed by atoms with van der Waals surface area (Å²) in [7, 11) is 0. The molecule has 1 aromatic heterocycles. The quantitative estimate of drug-likeness (QED) is 0.719. The Bertz CT molecular complexity index is 509. The summed E-state index contributed by atoms with van der Waals surface area (Å²) in [6.07, 6.45) is 4.69. The minimum Gasteiger partial charge on any atom is -0.392 e. The van der Waals surface area contributed by atoms with Gasteiger partial charge in [0.2, 0.25) is 5.91 Å². The Hall–Kier alpha value is -1.76. The number of aliphatic hydroxyl groups is 1. The van der Waals surface area contributed by atoms with Crippen LogP contribution >= 0.6 is 0 Å². The van der Waals surface area contributed by atoms with Crippen LogP contribution in [0.1, 0.15) is 37.4 Å². The topological polar surface area (TPSA) is 97.1 Å². The summed E-state index contributed by atoms with van der Waals surface area (Å²) in [4.78, 5) is 22.8. The Morgan fingerprint density at radius 3 is 2.89 bits per heavy atom. The van der Waals surface area contributed by atoms with Gasteiger partial charge in [0.15, 0.2) is 0 Å². The maximum Gasteiger partial charge on any atom is 0.251 e. The molecule has 1 saturated heterocycles. The SMILES string of the molecule is O=C1CCC(n2cc(CC(O)C3CC3)nn2)C(=O)N1. The number of piperidine rings is 1. The zero-order chi connectivity index (χ0) is 13.4. The highest BCUT2D eigenvalue weighted by molar-refractivity contribution is 5.99. The molecule has 2 N–H and O–H groups in total. The van der Waals surface area contributed by atoms with Crippen LogP contribution in [-0.4, -0.2) is 38.0 Å². The molecule has 2 unspecified atom stereocenters. The van der Waals surface area contributed by atoms with Gasteiger partial charge in [0, 0.05) is 19.0 Å². The maximum atomic E-state index is 11.7. The molecule has 0 spiro atoms. The fraction of sp³-hybridized carbons (Fsp3) is 0.667. The number of nitrogens with one attached hydrogen (secondary N) is 1. The molecule has 2 atom stereocenters. The van der Waals surface area contributed by atoms with E-state index >= 15 is 0 Å². The smallest absolute Gasteiger partial charge is 0.251 e. The van der Waals surface area contributed by atoms with Gasteiger partial charge in [-0.2, -0.15) is 0 Å². The van der Waals surface area contributed by atoms with Crippen molar-refractivity contribution in [1.82, 2.24) is 20.3 Å². The van der Waals surface area contributed by atoms with Crippen molar-refractivity contribution in [2.45, 2.75) is 44.2 Å². The molecule has 7 nitrogen and oxygen atoms in total. The predicted molar refractivity (Wildman–Crippen MR) is 63.9 cm³/mol. The van der Waals surface area contributed by atoms with Gasteiger partial charge in [0.25, 0.3) is 5.91 Å². The van der Waals surface area contributed by atoms with E-state index in [2.05, 4.69) is 15.6 Å². The number of hydrogen-bond donors (Lipinski definition) is 2. The van der Waals surface area contributed by atoms with Gasteiger partial charge in [-0.1, -0.05) is 5.21 Å². The molecule has 1 aromatic rings. The second kappa shape index (κ2) is 4.73. The van der Waals surface area contributed by atoms with Crippen molar-refractivity contribution in [1.29, 1.82) is 0 Å². The fourth-order valence-electron chi connectivity index (χ4n) is 2.36. The minimum absolute atomic E-state index is 0.245. The zero-order valence-corrected chi connectivity index (χ0v) is 10.5. The molecule has 19 heavy (non-hydrogen) atoms. The third kappa shape index (κ3) is 2.65. The van der Waals surface area contributed by atoms with E-state index in [1.165, 1.54) is 4.68 Å². The molecule has 1 aliphatic heterocycles. The van der Waals surface area contributed by atoms with Crippen LogP contribution in [0.15, 0.2) is 6.20 Å². The fourth-order valence-corrected chi connectivity index (χ4v) is 2.36. The average molecular weight is 264 g/mol. The van der Waals surface area contributed by atoms with Crippen molar-refractivity contribution in [2.24, 2.45) is 5.92 Å². The third-order valence-electron chi connectivity index (χ3n) is 3.67. The highest BCUT2D eigenvalue weighted by Gasteiger charge is 2.32. The van der Waals surface area contributed by atoms with Gasteiger partial charge >= 0.3 is 0 Å². The third-order valence-corrected chi connectivity index (χ3v) is 3.67. The molecular weight excluding hydrogens is 248 g/mol. The normalized spacial score (nSPS) is 25.2. The molecule has 2 fully saturated rings. The summed E-state index contributed by atoms with van der Waals surface area (Å²) >= 11 is 0. The number of rotatable bonds is 4. The summed E-state index contributed by atoms with van der Waals surface area (Å²) in [6, 6.07) is -0.475. The van der Waals surface area contributed by atoms with E-state index in [1.807, 2.05) is 0 Å². The molecule has 0 radical (unpaired) electrons. The number of nitrogens with zero attached hydrogens (tertiary/aromatic N) is 3. The molecule has 2 amide bonds. The van der Waals surface area contributed by atoms with E-state index in [1.54, 1.807) is 6.20 Å². The van der Waals surface area contributed by atoms with Crippen LogP contribution in [-0.2, 0) is 16.0 Å². The van der Waals surface area contributed by atoms with E-state index in [4.69, 9.17) is 0 Å². The molecule has 3 rings (SSSR count). The summed E-state index contributed by atoms with van der Waals surface area (Å²) in [6.45, 7) is 0. The van der Waals surface area contributed by atoms with Crippen molar-refractivity contribution in [3.8, 4) is 0 Å². The molecule has 102 valence electrons. The van der Waals surface area contributed by atoms with E-state index in [0.29, 0.717) is 30.9 Å². The molecule has 0 bridgehead atoms. The van der Waals surface area contributed by atoms with Gasteiger partial charge in [-0.25, -0.2) is 4.68 Å². The zero-order valence-electron chi connectivity index (χ0n) is 10.5. The number of aliphatic hydroxyl groups excluding tert-OH is 1. The molecule has 1 saturated carbocycles. The Balaban J connectivity index is 1.66. The van der Waals surface area contributed by atoms with E-state index < -0.39 is 6.04 Å². The first kappa shape index (κ1) is 12.3. The number of carbonyl (C=O) groups excluding carboxylic acids is 2. The Kier molecular flexibility index (Phi) is 3.06. The van der Waals surface area contributed by atoms with Gasteiger partial charge < -0.3 is 5.11 Å². The first-order valence-corrected chi connectivity index (χ1v) is 6.56. The van der Waals surface area contributed by atoms with Crippen LogP contribution in [0.4, 0.5) is 0 Å². The molecule has 1 aliphatic carbocycles. The number of amides is 2. The Morgan fingerprint density at radius 1 is 1.42 bits per heavy atom. The van der Waals surface area contributed by atoms with Gasteiger partial charge in [0.05, 0.1) is 11.8 Å². The molecule has 2 heterocycles. The monoisotopic (exact) mass is 264 g/mol. The first-order chi connectivity index (χ1) is 9.13. The lowest BCUT2D eigenvalue weighted by molar-refractivity contribution is -0.136. The van der Waals surface area contributed by atoms with Crippen molar-refractivity contribution in [3.63, 3.8) is 0 Å². The standard InChI is InChI=1S/C12H16N4O3/c17-10(7-1-2-7)5-8-6-16(15-14-8)9-3-4-11(18)13-12(9)19/h6-7,9-10,17H,1-5H2,(H,13,18,19). The lowest BCUT2D eigenvalue weighted by atomic mass is 10.1. The summed E-state index contributed by atoms with van der Waals surface area (Å²) in [5.74, 6) is -0.193. The van der Waals surface area contributed by atoms with Gasteiger partial charge in [-0.05, 0) is 25.2 Å². The Morgan fingerprint density at radius 2 is 2.21 bits per heavy atom. The van der Waals surface area contributed by atoms with Crippen LogP contribution in [0, 0.1) is 5.92 Å². The number of imide groups is 1. The molecule has 7 heteroatoms. The van der Waals surface area contributed by atoms with Crippen LogP contribution < -0.4 is 5.32 Å². The number of carbonyl (C=O) groups is 2. The second-order valence-electron chi connectivity index (χ2n) is 5.27. The molecule has 0 aromatic carbocycles. The number of aromatic nitrogens is 3. The van der Waals surface area contributed by atoms with Crippen LogP contribution in [0.25, 0.3) is 0 Å². The van der Waals surface area contributed by atoms with Crippen molar-refractivity contribution in [2.75, 3.05) is 0 Å². The van der Waals surface area contributed by atoms with Crippen molar-refractivity contribution in [3.05, 3.63) is 11.9 Å². The van der Waals surface area contributed by atoms with Gasteiger partial charge in [0.1, 0.15) is 6.04 Å². The lowest BCUT2D eigenvalue weighted by Gasteiger charge is -2.20. The predicted octanol–water partition coefficient (Wildman–Crippen LogP) is -0.431.